The Morgan fingerprint density at radius 3 is 2.83 bits per heavy atom. The number of anilines is 1. The standard InChI is InChI=1S/C14H14N2O2/c17-14(18)7-10-8-16(9-10)13-6-5-11-3-1-2-4-12(11)15-13/h1-6,10H,7-9H2,(H,17,18). The average molecular weight is 242 g/mol. The fraction of sp³-hybridized carbons (Fsp3) is 0.286. The lowest BCUT2D eigenvalue weighted by Crippen LogP contribution is -2.47. The number of carbonyl (C=O) groups is 1. The van der Waals surface area contributed by atoms with Crippen molar-refractivity contribution in [2.75, 3.05) is 18.0 Å². The Morgan fingerprint density at radius 2 is 2.06 bits per heavy atom. The van der Waals surface area contributed by atoms with E-state index in [-0.39, 0.29) is 12.3 Å². The Hall–Kier alpha value is -2.10. The van der Waals surface area contributed by atoms with E-state index in [0.717, 1.165) is 29.8 Å². The summed E-state index contributed by atoms with van der Waals surface area (Å²) < 4.78 is 0. The molecule has 18 heavy (non-hydrogen) atoms. The first-order valence-corrected chi connectivity index (χ1v) is 6.05. The van der Waals surface area contributed by atoms with Crippen molar-refractivity contribution < 1.29 is 9.90 Å². The molecular formula is C14H14N2O2. The number of para-hydroxylation sites is 1. The van der Waals surface area contributed by atoms with Gasteiger partial charge in [0.05, 0.1) is 11.9 Å². The van der Waals surface area contributed by atoms with Gasteiger partial charge in [-0.25, -0.2) is 4.98 Å². The van der Waals surface area contributed by atoms with E-state index in [0.29, 0.717) is 0 Å². The maximum Gasteiger partial charge on any atom is 0.303 e. The molecule has 4 heteroatoms. The van der Waals surface area contributed by atoms with Crippen LogP contribution < -0.4 is 4.90 Å². The zero-order valence-electron chi connectivity index (χ0n) is 9.91. The molecule has 1 aliphatic heterocycles. The highest BCUT2D eigenvalue weighted by molar-refractivity contribution is 5.80. The predicted octanol–water partition coefficient (Wildman–Crippen LogP) is 2.15. The van der Waals surface area contributed by atoms with Crippen molar-refractivity contribution in [3.63, 3.8) is 0 Å². The molecule has 3 rings (SSSR count). The van der Waals surface area contributed by atoms with Gasteiger partial charge in [-0.05, 0) is 18.2 Å². The third kappa shape index (κ3) is 2.01. The van der Waals surface area contributed by atoms with Gasteiger partial charge in [0.2, 0.25) is 0 Å². The van der Waals surface area contributed by atoms with E-state index in [2.05, 4.69) is 16.0 Å². The largest absolute Gasteiger partial charge is 0.481 e. The minimum Gasteiger partial charge on any atom is -0.481 e. The molecule has 0 spiro atoms. The maximum atomic E-state index is 10.6. The summed E-state index contributed by atoms with van der Waals surface area (Å²) >= 11 is 0. The van der Waals surface area contributed by atoms with Crippen LogP contribution in [0.25, 0.3) is 10.9 Å². The van der Waals surface area contributed by atoms with Gasteiger partial charge < -0.3 is 10.0 Å². The molecule has 0 amide bonds. The molecule has 2 heterocycles. The van der Waals surface area contributed by atoms with Crippen LogP contribution in [0.15, 0.2) is 36.4 Å². The molecule has 1 saturated heterocycles. The number of rotatable bonds is 3. The summed E-state index contributed by atoms with van der Waals surface area (Å²) in [6.07, 6.45) is 0.254. The van der Waals surface area contributed by atoms with Gasteiger partial charge in [-0.1, -0.05) is 18.2 Å². The smallest absolute Gasteiger partial charge is 0.303 e. The first kappa shape index (κ1) is 11.0. The van der Waals surface area contributed by atoms with Crippen molar-refractivity contribution in [1.82, 2.24) is 4.98 Å². The molecule has 0 radical (unpaired) electrons. The van der Waals surface area contributed by atoms with Gasteiger partial charge in [-0.2, -0.15) is 0 Å². The van der Waals surface area contributed by atoms with E-state index in [4.69, 9.17) is 5.11 Å². The van der Waals surface area contributed by atoms with E-state index in [1.807, 2.05) is 30.3 Å². The molecule has 0 saturated carbocycles. The number of hydrogen-bond donors (Lipinski definition) is 1. The number of carboxylic acid groups (broad SMARTS) is 1. The fourth-order valence-electron chi connectivity index (χ4n) is 2.36. The van der Waals surface area contributed by atoms with E-state index in [1.165, 1.54) is 0 Å². The summed E-state index contributed by atoms with van der Waals surface area (Å²) in [6, 6.07) is 12.1. The quantitative estimate of drug-likeness (QED) is 0.896. The third-order valence-electron chi connectivity index (χ3n) is 3.33. The van der Waals surface area contributed by atoms with Gasteiger partial charge in [-0.3, -0.25) is 4.79 Å². The van der Waals surface area contributed by atoms with Crippen molar-refractivity contribution in [1.29, 1.82) is 0 Å². The average Bonchev–Trinajstić information content (AvgIpc) is 2.32. The molecule has 0 aliphatic carbocycles. The molecular weight excluding hydrogens is 228 g/mol. The molecule has 1 aromatic carbocycles. The molecule has 4 nitrogen and oxygen atoms in total. The van der Waals surface area contributed by atoms with Crippen molar-refractivity contribution >= 4 is 22.7 Å². The summed E-state index contributed by atoms with van der Waals surface area (Å²) in [7, 11) is 0. The van der Waals surface area contributed by atoms with Crippen LogP contribution >= 0.6 is 0 Å². The Morgan fingerprint density at radius 1 is 1.28 bits per heavy atom. The van der Waals surface area contributed by atoms with Crippen molar-refractivity contribution in [2.24, 2.45) is 5.92 Å². The van der Waals surface area contributed by atoms with Crippen molar-refractivity contribution in [3.8, 4) is 0 Å². The first-order chi connectivity index (χ1) is 8.72. The summed E-state index contributed by atoms with van der Waals surface area (Å²) in [5, 5.41) is 9.84. The van der Waals surface area contributed by atoms with Gasteiger partial charge in [0.1, 0.15) is 5.82 Å². The Kier molecular flexibility index (Phi) is 2.63. The van der Waals surface area contributed by atoms with Gasteiger partial charge in [0, 0.05) is 24.4 Å². The molecule has 0 bridgehead atoms. The normalized spacial score (nSPS) is 15.7. The van der Waals surface area contributed by atoms with Crippen LogP contribution in [0.5, 0.6) is 0 Å². The SMILES string of the molecule is O=C(O)CC1CN(c2ccc3ccccc3n2)C1. The van der Waals surface area contributed by atoms with Crippen LogP contribution in [0.3, 0.4) is 0 Å². The Labute approximate surface area is 105 Å². The number of aliphatic carboxylic acids is 1. The number of nitrogens with zero attached hydrogens (tertiary/aromatic N) is 2. The number of hydrogen-bond acceptors (Lipinski definition) is 3. The molecule has 1 fully saturated rings. The number of fused-ring (bicyclic) bond motifs is 1. The van der Waals surface area contributed by atoms with E-state index in [9.17, 15) is 4.79 Å². The van der Waals surface area contributed by atoms with Crippen molar-refractivity contribution in [3.05, 3.63) is 36.4 Å². The number of pyridine rings is 1. The van der Waals surface area contributed by atoms with Crippen LogP contribution in [-0.2, 0) is 4.79 Å². The third-order valence-corrected chi connectivity index (χ3v) is 3.33. The van der Waals surface area contributed by atoms with Crippen LogP contribution in [0.2, 0.25) is 0 Å². The minimum atomic E-state index is -0.717. The summed E-state index contributed by atoms with van der Waals surface area (Å²) in [5.41, 5.74) is 0.983. The lowest BCUT2D eigenvalue weighted by molar-refractivity contribution is -0.138. The molecule has 1 N–H and O–H groups in total. The highest BCUT2D eigenvalue weighted by Crippen LogP contribution is 2.26. The van der Waals surface area contributed by atoms with E-state index in [1.54, 1.807) is 0 Å². The van der Waals surface area contributed by atoms with Crippen LogP contribution in [-0.4, -0.2) is 29.1 Å². The Bertz CT molecular complexity index is 591. The van der Waals surface area contributed by atoms with E-state index >= 15 is 0 Å². The van der Waals surface area contributed by atoms with Crippen LogP contribution in [0.1, 0.15) is 6.42 Å². The first-order valence-electron chi connectivity index (χ1n) is 6.05. The Balaban J connectivity index is 1.74. The maximum absolute atomic E-state index is 10.6. The summed E-state index contributed by atoms with van der Waals surface area (Å²) in [6.45, 7) is 1.58. The molecule has 1 aromatic heterocycles. The second-order valence-corrected chi connectivity index (χ2v) is 4.73. The zero-order valence-corrected chi connectivity index (χ0v) is 9.91. The molecule has 0 atom stereocenters. The highest BCUT2D eigenvalue weighted by atomic mass is 16.4. The molecule has 92 valence electrons. The van der Waals surface area contributed by atoms with Gasteiger partial charge in [-0.15, -0.1) is 0 Å². The van der Waals surface area contributed by atoms with Gasteiger partial charge >= 0.3 is 5.97 Å². The van der Waals surface area contributed by atoms with Crippen LogP contribution in [0, 0.1) is 5.92 Å². The molecule has 0 unspecified atom stereocenters. The van der Waals surface area contributed by atoms with E-state index < -0.39 is 5.97 Å². The fourth-order valence-corrected chi connectivity index (χ4v) is 2.36. The monoisotopic (exact) mass is 242 g/mol. The molecule has 1 aliphatic rings. The highest BCUT2D eigenvalue weighted by Gasteiger charge is 2.29. The number of aromatic nitrogens is 1. The molecule has 2 aromatic rings. The van der Waals surface area contributed by atoms with Crippen molar-refractivity contribution in [2.45, 2.75) is 6.42 Å². The van der Waals surface area contributed by atoms with Gasteiger partial charge in [0.15, 0.2) is 0 Å². The second-order valence-electron chi connectivity index (χ2n) is 4.73. The topological polar surface area (TPSA) is 53.4 Å². The lowest BCUT2D eigenvalue weighted by Gasteiger charge is -2.39. The summed E-state index contributed by atoms with van der Waals surface area (Å²) in [5.74, 6) is 0.484. The number of benzene rings is 1. The minimum absolute atomic E-state index is 0.254. The number of carboxylic acids is 1. The second kappa shape index (κ2) is 4.29. The summed E-state index contributed by atoms with van der Waals surface area (Å²) in [4.78, 5) is 17.3. The lowest BCUT2D eigenvalue weighted by atomic mass is 9.96. The van der Waals surface area contributed by atoms with Gasteiger partial charge in [0.25, 0.3) is 0 Å². The zero-order chi connectivity index (χ0) is 12.5. The van der Waals surface area contributed by atoms with Crippen LogP contribution in [0.4, 0.5) is 5.82 Å². The predicted molar refractivity (Wildman–Crippen MR) is 69.7 cm³/mol.